The van der Waals surface area contributed by atoms with Gasteiger partial charge in [-0.15, -0.1) is 0 Å². The van der Waals surface area contributed by atoms with Crippen LogP contribution in [0.4, 0.5) is 0 Å². The van der Waals surface area contributed by atoms with Crippen LogP contribution in [0.3, 0.4) is 0 Å². The van der Waals surface area contributed by atoms with Crippen LogP contribution in [0.15, 0.2) is 29.3 Å². The van der Waals surface area contributed by atoms with E-state index in [4.69, 9.17) is 11.6 Å². The summed E-state index contributed by atoms with van der Waals surface area (Å²) in [5.41, 5.74) is 1.02. The van der Waals surface area contributed by atoms with Crippen LogP contribution < -0.4 is 16.0 Å². The molecule has 0 spiro atoms. The number of nitrogens with zero attached hydrogens (tertiary/aromatic N) is 1. The molecule has 0 aliphatic heterocycles. The number of amides is 1. The lowest BCUT2D eigenvalue weighted by molar-refractivity contribution is -0.122. The molecule has 25 heavy (non-hydrogen) atoms. The molecule has 3 N–H and O–H groups in total. The Balaban J connectivity index is 1.60. The summed E-state index contributed by atoms with van der Waals surface area (Å²) in [6.45, 7) is 1.84. The Kier molecular flexibility index (Phi) is 8.60. The lowest BCUT2D eigenvalue weighted by atomic mass is 9.87. The number of nitrogens with one attached hydrogen (secondary N) is 3. The first-order chi connectivity index (χ1) is 12.2. The Morgan fingerprint density at radius 2 is 1.84 bits per heavy atom. The molecule has 0 atom stereocenters. The second kappa shape index (κ2) is 11.0. The second-order valence-corrected chi connectivity index (χ2v) is 6.91. The molecule has 5 nitrogen and oxygen atoms in total. The van der Waals surface area contributed by atoms with E-state index in [9.17, 15) is 4.79 Å². The molecule has 1 aliphatic carbocycles. The quantitative estimate of drug-likeness (QED) is 0.395. The van der Waals surface area contributed by atoms with Crippen LogP contribution >= 0.6 is 11.6 Å². The highest BCUT2D eigenvalue weighted by Gasteiger charge is 2.16. The number of aliphatic imine (C=N–C) groups is 1. The van der Waals surface area contributed by atoms with Crippen molar-refractivity contribution in [1.29, 1.82) is 0 Å². The zero-order valence-electron chi connectivity index (χ0n) is 15.0. The summed E-state index contributed by atoms with van der Waals surface area (Å²) in [6.07, 6.45) is 6.93. The van der Waals surface area contributed by atoms with Crippen LogP contribution in [0, 0.1) is 5.92 Å². The molecule has 1 saturated carbocycles. The molecule has 1 aromatic carbocycles. The molecule has 0 aromatic heterocycles. The van der Waals surface area contributed by atoms with Crippen LogP contribution in [0.2, 0.25) is 5.02 Å². The van der Waals surface area contributed by atoms with Crippen molar-refractivity contribution in [2.75, 3.05) is 20.1 Å². The van der Waals surface area contributed by atoms with Gasteiger partial charge in [0.25, 0.3) is 0 Å². The maximum absolute atomic E-state index is 12.0. The Labute approximate surface area is 155 Å². The predicted octanol–water partition coefficient (Wildman–Crippen LogP) is 3.09. The predicted molar refractivity (Wildman–Crippen MR) is 104 cm³/mol. The minimum atomic E-state index is 0.160. The van der Waals surface area contributed by atoms with E-state index >= 15 is 0 Å². The van der Waals surface area contributed by atoms with Crippen molar-refractivity contribution in [3.63, 3.8) is 0 Å². The number of carbonyl (C=O) groups is 1. The van der Waals surface area contributed by atoms with Crippen molar-refractivity contribution in [3.8, 4) is 0 Å². The molecule has 1 aromatic rings. The molecule has 0 bridgehead atoms. The van der Waals surface area contributed by atoms with E-state index < -0.39 is 0 Å². The molecule has 0 heterocycles. The van der Waals surface area contributed by atoms with Gasteiger partial charge in [-0.1, -0.05) is 49.1 Å². The molecule has 138 valence electrons. The van der Waals surface area contributed by atoms with Crippen molar-refractivity contribution < 1.29 is 4.79 Å². The Morgan fingerprint density at radius 1 is 1.12 bits per heavy atom. The zero-order valence-corrected chi connectivity index (χ0v) is 15.7. The van der Waals surface area contributed by atoms with Crippen LogP contribution in [-0.2, 0) is 11.3 Å². The average Bonchev–Trinajstić information content (AvgIpc) is 2.63. The topological polar surface area (TPSA) is 65.5 Å². The molecule has 1 fully saturated rings. The van der Waals surface area contributed by atoms with Gasteiger partial charge in [-0.05, 0) is 30.4 Å². The number of hydrogen-bond donors (Lipinski definition) is 3. The highest BCUT2D eigenvalue weighted by Crippen LogP contribution is 2.25. The number of guanidine groups is 1. The van der Waals surface area contributed by atoms with Gasteiger partial charge in [0.05, 0.1) is 0 Å². The summed E-state index contributed by atoms with van der Waals surface area (Å²) < 4.78 is 0. The smallest absolute Gasteiger partial charge is 0.220 e. The molecular weight excluding hydrogens is 336 g/mol. The monoisotopic (exact) mass is 364 g/mol. The number of hydrogen-bond acceptors (Lipinski definition) is 2. The molecule has 1 aliphatic rings. The molecular formula is C19H29ClN4O. The van der Waals surface area contributed by atoms with Gasteiger partial charge in [0, 0.05) is 38.1 Å². The van der Waals surface area contributed by atoms with Crippen molar-refractivity contribution in [1.82, 2.24) is 16.0 Å². The third-order valence-electron chi connectivity index (χ3n) is 4.57. The largest absolute Gasteiger partial charge is 0.355 e. The summed E-state index contributed by atoms with van der Waals surface area (Å²) in [7, 11) is 1.73. The van der Waals surface area contributed by atoms with E-state index in [2.05, 4.69) is 20.9 Å². The van der Waals surface area contributed by atoms with E-state index in [1.165, 1.54) is 32.1 Å². The molecule has 0 saturated heterocycles. The SMILES string of the molecule is CN=C(NCCNC(=O)CC1CCCCC1)NCc1ccccc1Cl. The van der Waals surface area contributed by atoms with Crippen LogP contribution in [0.25, 0.3) is 0 Å². The maximum atomic E-state index is 12.0. The lowest BCUT2D eigenvalue weighted by Crippen LogP contribution is -2.41. The van der Waals surface area contributed by atoms with E-state index in [0.717, 1.165) is 10.6 Å². The van der Waals surface area contributed by atoms with Gasteiger partial charge in [0.1, 0.15) is 0 Å². The van der Waals surface area contributed by atoms with Gasteiger partial charge in [-0.2, -0.15) is 0 Å². The molecule has 1 amide bonds. The number of carbonyl (C=O) groups excluding carboxylic acids is 1. The molecule has 6 heteroatoms. The van der Waals surface area contributed by atoms with E-state index in [0.29, 0.717) is 37.9 Å². The van der Waals surface area contributed by atoms with Crippen LogP contribution in [0.1, 0.15) is 44.1 Å². The summed E-state index contributed by atoms with van der Waals surface area (Å²) in [4.78, 5) is 16.2. The fraction of sp³-hybridized carbons (Fsp3) is 0.579. The highest BCUT2D eigenvalue weighted by atomic mass is 35.5. The van der Waals surface area contributed by atoms with E-state index in [-0.39, 0.29) is 5.91 Å². The van der Waals surface area contributed by atoms with Gasteiger partial charge in [-0.3, -0.25) is 9.79 Å². The lowest BCUT2D eigenvalue weighted by Gasteiger charge is -2.20. The molecule has 0 radical (unpaired) electrons. The van der Waals surface area contributed by atoms with Gasteiger partial charge in [0.15, 0.2) is 5.96 Å². The second-order valence-electron chi connectivity index (χ2n) is 6.50. The fourth-order valence-electron chi connectivity index (χ4n) is 3.15. The zero-order chi connectivity index (χ0) is 17.9. The first kappa shape index (κ1) is 19.6. The first-order valence-corrected chi connectivity index (χ1v) is 9.51. The fourth-order valence-corrected chi connectivity index (χ4v) is 3.35. The number of rotatable bonds is 7. The third-order valence-corrected chi connectivity index (χ3v) is 4.93. The number of benzene rings is 1. The van der Waals surface area contributed by atoms with Crippen molar-refractivity contribution in [2.45, 2.75) is 45.1 Å². The minimum absolute atomic E-state index is 0.160. The molecule has 2 rings (SSSR count). The van der Waals surface area contributed by atoms with E-state index in [1.807, 2.05) is 24.3 Å². The maximum Gasteiger partial charge on any atom is 0.220 e. The Hall–Kier alpha value is -1.75. The Morgan fingerprint density at radius 3 is 2.56 bits per heavy atom. The summed E-state index contributed by atoms with van der Waals surface area (Å²) in [6, 6.07) is 7.72. The van der Waals surface area contributed by atoms with Gasteiger partial charge in [0.2, 0.25) is 5.91 Å². The van der Waals surface area contributed by atoms with Crippen LogP contribution in [-0.4, -0.2) is 32.0 Å². The van der Waals surface area contributed by atoms with Gasteiger partial charge >= 0.3 is 0 Å². The molecule has 0 unspecified atom stereocenters. The van der Waals surface area contributed by atoms with Gasteiger partial charge < -0.3 is 16.0 Å². The number of halogens is 1. The third kappa shape index (κ3) is 7.34. The van der Waals surface area contributed by atoms with Gasteiger partial charge in [-0.25, -0.2) is 0 Å². The van der Waals surface area contributed by atoms with E-state index in [1.54, 1.807) is 7.05 Å². The van der Waals surface area contributed by atoms with Crippen LogP contribution in [0.5, 0.6) is 0 Å². The summed E-state index contributed by atoms with van der Waals surface area (Å²) >= 11 is 6.14. The minimum Gasteiger partial charge on any atom is -0.355 e. The first-order valence-electron chi connectivity index (χ1n) is 9.13. The average molecular weight is 365 g/mol. The standard InChI is InChI=1S/C19H29ClN4O/c1-21-19(24-14-16-9-5-6-10-17(16)20)23-12-11-22-18(25)13-15-7-3-2-4-8-15/h5-6,9-10,15H,2-4,7-8,11-14H2,1H3,(H,22,25)(H2,21,23,24). The highest BCUT2D eigenvalue weighted by molar-refractivity contribution is 6.31. The van der Waals surface area contributed by atoms with Crippen molar-refractivity contribution >= 4 is 23.5 Å². The Bertz CT molecular complexity index is 570. The normalized spacial score (nSPS) is 15.7. The summed E-state index contributed by atoms with van der Waals surface area (Å²) in [5.74, 6) is 1.43. The van der Waals surface area contributed by atoms with Crippen molar-refractivity contribution in [3.05, 3.63) is 34.9 Å². The van der Waals surface area contributed by atoms with Crippen molar-refractivity contribution in [2.24, 2.45) is 10.9 Å². The summed E-state index contributed by atoms with van der Waals surface area (Å²) in [5, 5.41) is 10.1.